The van der Waals surface area contributed by atoms with Crippen LogP contribution in [0.5, 0.6) is 11.5 Å². The highest BCUT2D eigenvalue weighted by atomic mass is 16.7. The van der Waals surface area contributed by atoms with Gasteiger partial charge in [-0.1, -0.05) is 0 Å². The van der Waals surface area contributed by atoms with Crippen molar-refractivity contribution in [2.24, 2.45) is 0 Å². The van der Waals surface area contributed by atoms with Gasteiger partial charge in [0, 0.05) is 37.7 Å². The smallest absolute Gasteiger partial charge is 0.238 e. The molecule has 3 rings (SSSR count). The second-order valence-electron chi connectivity index (χ2n) is 6.00. The second kappa shape index (κ2) is 7.38. The topological polar surface area (TPSA) is 69.3 Å². The van der Waals surface area contributed by atoms with E-state index in [1.807, 2.05) is 0 Å². The SMILES string of the molecule is COc1ccc(NC(=O)CN2CCC3(CC2)OCCO3)cc1OC. The van der Waals surface area contributed by atoms with E-state index in [0.717, 1.165) is 25.9 Å². The maximum atomic E-state index is 12.3. The Hall–Kier alpha value is -1.83. The third-order valence-corrected chi connectivity index (χ3v) is 4.47. The summed E-state index contributed by atoms with van der Waals surface area (Å²) in [7, 11) is 3.15. The Labute approximate surface area is 141 Å². The summed E-state index contributed by atoms with van der Waals surface area (Å²) in [4.78, 5) is 14.4. The van der Waals surface area contributed by atoms with E-state index in [1.165, 1.54) is 0 Å². The van der Waals surface area contributed by atoms with Gasteiger partial charge in [0.05, 0.1) is 34.0 Å². The Balaban J connectivity index is 1.51. The average molecular weight is 336 g/mol. The summed E-state index contributed by atoms with van der Waals surface area (Å²) in [5.74, 6) is 0.765. The molecule has 132 valence electrons. The predicted octanol–water partition coefficient (Wildman–Crippen LogP) is 1.48. The van der Waals surface area contributed by atoms with Crippen molar-refractivity contribution < 1.29 is 23.7 Å². The van der Waals surface area contributed by atoms with Crippen molar-refractivity contribution >= 4 is 11.6 Å². The van der Waals surface area contributed by atoms with Gasteiger partial charge in [0.2, 0.25) is 5.91 Å². The molecule has 7 heteroatoms. The van der Waals surface area contributed by atoms with Crippen molar-refractivity contribution in [3.05, 3.63) is 18.2 Å². The van der Waals surface area contributed by atoms with Crippen LogP contribution in [-0.4, -0.2) is 63.7 Å². The number of piperidine rings is 1. The number of rotatable bonds is 5. The Bertz CT molecular complexity index is 576. The number of benzene rings is 1. The lowest BCUT2D eigenvalue weighted by Crippen LogP contribution is -2.47. The molecule has 0 aliphatic carbocycles. The molecule has 2 saturated heterocycles. The lowest BCUT2D eigenvalue weighted by atomic mass is 10.0. The van der Waals surface area contributed by atoms with Gasteiger partial charge in [0.25, 0.3) is 0 Å². The molecule has 1 N–H and O–H groups in total. The van der Waals surface area contributed by atoms with Crippen LogP contribution in [0.4, 0.5) is 5.69 Å². The molecule has 1 aromatic carbocycles. The minimum Gasteiger partial charge on any atom is -0.493 e. The van der Waals surface area contributed by atoms with E-state index < -0.39 is 5.79 Å². The fraction of sp³-hybridized carbons (Fsp3) is 0.588. The fourth-order valence-corrected chi connectivity index (χ4v) is 3.16. The van der Waals surface area contributed by atoms with Gasteiger partial charge in [-0.2, -0.15) is 0 Å². The van der Waals surface area contributed by atoms with Gasteiger partial charge >= 0.3 is 0 Å². The fourth-order valence-electron chi connectivity index (χ4n) is 3.16. The van der Waals surface area contributed by atoms with Gasteiger partial charge in [0.1, 0.15) is 0 Å². The van der Waals surface area contributed by atoms with Crippen LogP contribution in [0.1, 0.15) is 12.8 Å². The molecule has 0 aromatic heterocycles. The molecule has 0 unspecified atom stereocenters. The number of methoxy groups -OCH3 is 2. The van der Waals surface area contributed by atoms with Gasteiger partial charge in [-0.3, -0.25) is 9.69 Å². The van der Waals surface area contributed by atoms with Crippen molar-refractivity contribution in [1.82, 2.24) is 4.90 Å². The van der Waals surface area contributed by atoms with Crippen LogP contribution in [0.3, 0.4) is 0 Å². The van der Waals surface area contributed by atoms with E-state index in [1.54, 1.807) is 32.4 Å². The third kappa shape index (κ3) is 3.80. The summed E-state index contributed by atoms with van der Waals surface area (Å²) >= 11 is 0. The first-order valence-corrected chi connectivity index (χ1v) is 8.16. The van der Waals surface area contributed by atoms with Gasteiger partial charge in [-0.15, -0.1) is 0 Å². The van der Waals surface area contributed by atoms with E-state index in [4.69, 9.17) is 18.9 Å². The molecule has 2 heterocycles. The summed E-state index contributed by atoms with van der Waals surface area (Å²) in [6, 6.07) is 5.32. The van der Waals surface area contributed by atoms with Crippen molar-refractivity contribution in [1.29, 1.82) is 0 Å². The van der Waals surface area contributed by atoms with Crippen molar-refractivity contribution in [3.8, 4) is 11.5 Å². The summed E-state index contributed by atoms with van der Waals surface area (Å²) in [6.07, 6.45) is 1.60. The van der Waals surface area contributed by atoms with Crippen LogP contribution in [-0.2, 0) is 14.3 Å². The number of carbonyl (C=O) groups excluding carboxylic acids is 1. The lowest BCUT2D eigenvalue weighted by molar-refractivity contribution is -0.185. The van der Waals surface area contributed by atoms with E-state index in [9.17, 15) is 4.79 Å². The minimum absolute atomic E-state index is 0.0496. The van der Waals surface area contributed by atoms with Gasteiger partial charge in [-0.25, -0.2) is 0 Å². The van der Waals surface area contributed by atoms with Gasteiger partial charge in [-0.05, 0) is 12.1 Å². The molecule has 24 heavy (non-hydrogen) atoms. The summed E-state index contributed by atoms with van der Waals surface area (Å²) in [5.41, 5.74) is 0.689. The summed E-state index contributed by atoms with van der Waals surface area (Å²) in [6.45, 7) is 3.27. The zero-order valence-corrected chi connectivity index (χ0v) is 14.2. The molecule has 0 radical (unpaired) electrons. The molecule has 2 aliphatic rings. The minimum atomic E-state index is -0.406. The molecular formula is C17H24N2O5. The van der Waals surface area contributed by atoms with E-state index >= 15 is 0 Å². The predicted molar refractivity (Wildman–Crippen MR) is 88.5 cm³/mol. The lowest BCUT2D eigenvalue weighted by Gasteiger charge is -2.37. The normalized spacial score (nSPS) is 20.1. The molecule has 1 amide bonds. The van der Waals surface area contributed by atoms with Gasteiger partial charge in [0.15, 0.2) is 17.3 Å². The highest BCUT2D eigenvalue weighted by molar-refractivity contribution is 5.92. The summed E-state index contributed by atoms with van der Waals surface area (Å²) < 4.78 is 21.8. The van der Waals surface area contributed by atoms with Crippen molar-refractivity contribution in [3.63, 3.8) is 0 Å². The Morgan fingerprint density at radius 1 is 1.17 bits per heavy atom. The van der Waals surface area contributed by atoms with Crippen molar-refractivity contribution in [2.75, 3.05) is 52.4 Å². The molecule has 0 atom stereocenters. The Morgan fingerprint density at radius 2 is 1.83 bits per heavy atom. The monoisotopic (exact) mass is 336 g/mol. The first-order chi connectivity index (χ1) is 11.6. The first kappa shape index (κ1) is 17.0. The van der Waals surface area contributed by atoms with E-state index in [-0.39, 0.29) is 5.91 Å². The zero-order valence-electron chi connectivity index (χ0n) is 14.2. The summed E-state index contributed by atoms with van der Waals surface area (Å²) in [5, 5.41) is 2.90. The number of carbonyl (C=O) groups is 1. The molecule has 1 spiro atoms. The number of nitrogens with one attached hydrogen (secondary N) is 1. The highest BCUT2D eigenvalue weighted by Gasteiger charge is 2.39. The number of hydrogen-bond donors (Lipinski definition) is 1. The molecule has 2 fully saturated rings. The van der Waals surface area contributed by atoms with Crippen LogP contribution in [0.25, 0.3) is 0 Å². The molecule has 0 bridgehead atoms. The number of amides is 1. The molecular weight excluding hydrogens is 312 g/mol. The number of anilines is 1. The molecule has 7 nitrogen and oxygen atoms in total. The number of hydrogen-bond acceptors (Lipinski definition) is 6. The van der Waals surface area contributed by atoms with Crippen LogP contribution in [0, 0.1) is 0 Å². The Morgan fingerprint density at radius 3 is 2.46 bits per heavy atom. The maximum absolute atomic E-state index is 12.3. The maximum Gasteiger partial charge on any atom is 0.238 e. The largest absolute Gasteiger partial charge is 0.493 e. The van der Waals surface area contributed by atoms with E-state index in [2.05, 4.69) is 10.2 Å². The molecule has 0 saturated carbocycles. The second-order valence-corrected chi connectivity index (χ2v) is 6.00. The average Bonchev–Trinajstić information content (AvgIpc) is 3.05. The zero-order chi connectivity index (χ0) is 17.0. The van der Waals surface area contributed by atoms with Crippen LogP contribution >= 0.6 is 0 Å². The van der Waals surface area contributed by atoms with Crippen LogP contribution in [0.2, 0.25) is 0 Å². The highest BCUT2D eigenvalue weighted by Crippen LogP contribution is 2.31. The number of likely N-dealkylation sites (tertiary alicyclic amines) is 1. The number of nitrogens with zero attached hydrogens (tertiary/aromatic N) is 1. The Kier molecular flexibility index (Phi) is 5.23. The van der Waals surface area contributed by atoms with E-state index in [0.29, 0.717) is 36.9 Å². The van der Waals surface area contributed by atoms with Gasteiger partial charge < -0.3 is 24.3 Å². The van der Waals surface area contributed by atoms with Crippen molar-refractivity contribution in [2.45, 2.75) is 18.6 Å². The quantitative estimate of drug-likeness (QED) is 0.878. The third-order valence-electron chi connectivity index (χ3n) is 4.47. The number of ether oxygens (including phenoxy) is 4. The van der Waals surface area contributed by atoms with Crippen LogP contribution in [0.15, 0.2) is 18.2 Å². The standard InChI is InChI=1S/C17H24N2O5/c1-21-14-4-3-13(11-15(14)22-2)18-16(20)12-19-7-5-17(6-8-19)23-9-10-24-17/h3-4,11H,5-10,12H2,1-2H3,(H,18,20). The first-order valence-electron chi connectivity index (χ1n) is 8.16. The van der Waals surface area contributed by atoms with Crippen LogP contribution < -0.4 is 14.8 Å². The molecule has 1 aromatic rings. The molecule has 2 aliphatic heterocycles.